The van der Waals surface area contributed by atoms with Crippen LogP contribution in [0, 0.1) is 0 Å². The van der Waals surface area contributed by atoms with Crippen molar-refractivity contribution in [1.29, 1.82) is 0 Å². The van der Waals surface area contributed by atoms with Crippen molar-refractivity contribution in [2.24, 2.45) is 4.99 Å². The average molecular weight is 543 g/mol. The summed E-state index contributed by atoms with van der Waals surface area (Å²) in [7, 11) is 4.85. The largest absolute Gasteiger partial charge is 0.496 e. The van der Waals surface area contributed by atoms with E-state index in [1.54, 1.807) is 21.3 Å². The second-order valence-corrected chi connectivity index (χ2v) is 6.57. The van der Waals surface area contributed by atoms with Crippen LogP contribution in [0.25, 0.3) is 0 Å². The van der Waals surface area contributed by atoms with Gasteiger partial charge in [0, 0.05) is 25.2 Å². The Labute approximate surface area is 200 Å². The summed E-state index contributed by atoms with van der Waals surface area (Å²) in [6, 6.07) is 9.66. The number of hydrogen-bond acceptors (Lipinski definition) is 6. The number of nitrogens with one attached hydrogen (secondary N) is 2. The van der Waals surface area contributed by atoms with E-state index < -0.39 is 0 Å². The highest BCUT2D eigenvalue weighted by Crippen LogP contribution is 2.34. The molecule has 0 spiro atoms. The zero-order valence-electron chi connectivity index (χ0n) is 18.3. The van der Waals surface area contributed by atoms with E-state index in [1.807, 2.05) is 37.3 Å². The lowest BCUT2D eigenvalue weighted by Crippen LogP contribution is -2.38. The molecule has 8 nitrogen and oxygen atoms in total. The monoisotopic (exact) mass is 543 g/mol. The van der Waals surface area contributed by atoms with Crippen LogP contribution in [0.2, 0.25) is 0 Å². The molecule has 0 radical (unpaired) electrons. The van der Waals surface area contributed by atoms with E-state index in [0.29, 0.717) is 23.8 Å². The van der Waals surface area contributed by atoms with Gasteiger partial charge in [-0.25, -0.2) is 4.99 Å². The fourth-order valence-corrected chi connectivity index (χ4v) is 3.16. The predicted octanol–water partition coefficient (Wildman–Crippen LogP) is 3.36. The molecule has 2 N–H and O–H groups in total. The van der Waals surface area contributed by atoms with Crippen molar-refractivity contribution in [3.63, 3.8) is 0 Å². The number of rotatable bonds is 9. The fraction of sp³-hybridized carbons (Fsp3) is 0.409. The molecule has 0 aromatic heterocycles. The van der Waals surface area contributed by atoms with E-state index >= 15 is 0 Å². The molecule has 170 valence electrons. The number of benzene rings is 2. The molecule has 3 rings (SSSR count). The molecule has 1 heterocycles. The lowest BCUT2D eigenvalue weighted by Gasteiger charge is -2.15. The minimum absolute atomic E-state index is 0. The highest BCUT2D eigenvalue weighted by molar-refractivity contribution is 14.0. The summed E-state index contributed by atoms with van der Waals surface area (Å²) >= 11 is 0. The minimum atomic E-state index is 0. The van der Waals surface area contributed by atoms with Crippen LogP contribution in [0.4, 0.5) is 0 Å². The Bertz CT molecular complexity index is 866. The predicted molar refractivity (Wildman–Crippen MR) is 131 cm³/mol. The molecule has 0 atom stereocenters. The van der Waals surface area contributed by atoms with E-state index in [4.69, 9.17) is 28.7 Å². The molecule has 2 aromatic rings. The molecule has 9 heteroatoms. The number of aliphatic imine (C=N–C) groups is 1. The lowest BCUT2D eigenvalue weighted by molar-refractivity contribution is 0.174. The molecule has 0 bridgehead atoms. The van der Waals surface area contributed by atoms with Gasteiger partial charge < -0.3 is 34.3 Å². The number of guanidine groups is 1. The van der Waals surface area contributed by atoms with E-state index in [0.717, 1.165) is 42.5 Å². The molecule has 0 saturated heterocycles. The van der Waals surface area contributed by atoms with Gasteiger partial charge in [-0.05, 0) is 31.0 Å². The van der Waals surface area contributed by atoms with E-state index in [-0.39, 0.29) is 30.8 Å². The third-order valence-corrected chi connectivity index (χ3v) is 4.70. The molecule has 1 aliphatic rings. The standard InChI is InChI=1S/C22H29N3O5.HI/c1-5-23-22(24-9-8-15-6-7-18-21(10-15)30-14-29-18)25-13-17-19(27-3)11-16(26-2)12-20(17)28-4;/h6-7,10-12H,5,8-9,13-14H2,1-4H3,(H2,23,24,25);1H. The Morgan fingerprint density at radius 3 is 2.32 bits per heavy atom. The van der Waals surface area contributed by atoms with Crippen LogP contribution in [0.3, 0.4) is 0 Å². The summed E-state index contributed by atoms with van der Waals surface area (Å²) in [6.45, 7) is 4.20. The van der Waals surface area contributed by atoms with E-state index in [1.165, 1.54) is 5.56 Å². The molecular formula is C22H30IN3O5. The van der Waals surface area contributed by atoms with Gasteiger partial charge in [0.2, 0.25) is 6.79 Å². The minimum Gasteiger partial charge on any atom is -0.496 e. The van der Waals surface area contributed by atoms with Crippen molar-refractivity contribution < 1.29 is 23.7 Å². The second kappa shape index (κ2) is 12.3. The molecular weight excluding hydrogens is 513 g/mol. The van der Waals surface area contributed by atoms with Crippen molar-refractivity contribution in [2.75, 3.05) is 41.2 Å². The molecule has 0 fully saturated rings. The fourth-order valence-electron chi connectivity index (χ4n) is 3.16. The first-order chi connectivity index (χ1) is 14.7. The maximum atomic E-state index is 5.51. The number of fused-ring (bicyclic) bond motifs is 1. The molecule has 0 saturated carbocycles. The number of ether oxygens (including phenoxy) is 5. The topological polar surface area (TPSA) is 82.6 Å². The highest BCUT2D eigenvalue weighted by Gasteiger charge is 2.14. The third-order valence-electron chi connectivity index (χ3n) is 4.70. The first-order valence-electron chi connectivity index (χ1n) is 9.88. The summed E-state index contributed by atoms with van der Waals surface area (Å²) in [5, 5.41) is 6.63. The zero-order valence-corrected chi connectivity index (χ0v) is 20.6. The molecule has 0 aliphatic carbocycles. The Kier molecular flexibility index (Phi) is 9.83. The Morgan fingerprint density at radius 2 is 1.68 bits per heavy atom. The van der Waals surface area contributed by atoms with Crippen LogP contribution in [0.15, 0.2) is 35.3 Å². The highest BCUT2D eigenvalue weighted by atomic mass is 127. The summed E-state index contributed by atoms with van der Waals surface area (Å²) in [5.74, 6) is 4.33. The molecule has 2 aromatic carbocycles. The first-order valence-corrected chi connectivity index (χ1v) is 9.88. The number of hydrogen-bond donors (Lipinski definition) is 2. The van der Waals surface area contributed by atoms with Crippen molar-refractivity contribution in [3.05, 3.63) is 41.5 Å². The van der Waals surface area contributed by atoms with Crippen LogP contribution in [0.1, 0.15) is 18.1 Å². The van der Waals surface area contributed by atoms with Crippen LogP contribution in [-0.4, -0.2) is 47.2 Å². The van der Waals surface area contributed by atoms with Gasteiger partial charge in [0.05, 0.1) is 33.4 Å². The van der Waals surface area contributed by atoms with Crippen LogP contribution in [-0.2, 0) is 13.0 Å². The number of nitrogens with zero attached hydrogens (tertiary/aromatic N) is 1. The van der Waals surface area contributed by atoms with Gasteiger partial charge >= 0.3 is 0 Å². The van der Waals surface area contributed by atoms with Crippen molar-refractivity contribution in [3.8, 4) is 28.7 Å². The Hall–Kier alpha value is -2.56. The second-order valence-electron chi connectivity index (χ2n) is 6.57. The quantitative estimate of drug-likeness (QED) is 0.285. The Morgan fingerprint density at radius 1 is 0.968 bits per heavy atom. The van der Waals surface area contributed by atoms with Gasteiger partial charge in [0.15, 0.2) is 17.5 Å². The molecule has 0 unspecified atom stereocenters. The Balaban J connectivity index is 0.00000341. The summed E-state index contributed by atoms with van der Waals surface area (Å²) in [4.78, 5) is 4.69. The van der Waals surface area contributed by atoms with Crippen LogP contribution >= 0.6 is 24.0 Å². The van der Waals surface area contributed by atoms with Crippen LogP contribution < -0.4 is 34.3 Å². The van der Waals surface area contributed by atoms with E-state index in [2.05, 4.69) is 10.6 Å². The van der Waals surface area contributed by atoms with Gasteiger partial charge in [0.25, 0.3) is 0 Å². The first kappa shape index (κ1) is 24.7. The van der Waals surface area contributed by atoms with Crippen molar-refractivity contribution >= 4 is 29.9 Å². The summed E-state index contributed by atoms with van der Waals surface area (Å²) in [5.41, 5.74) is 2.02. The zero-order chi connectivity index (χ0) is 21.3. The van der Waals surface area contributed by atoms with Gasteiger partial charge in [-0.3, -0.25) is 0 Å². The van der Waals surface area contributed by atoms with Gasteiger partial charge in [-0.15, -0.1) is 24.0 Å². The van der Waals surface area contributed by atoms with E-state index in [9.17, 15) is 0 Å². The molecule has 0 amide bonds. The summed E-state index contributed by atoms with van der Waals surface area (Å²) < 4.78 is 27.1. The van der Waals surface area contributed by atoms with Gasteiger partial charge in [0.1, 0.15) is 17.2 Å². The SMILES string of the molecule is CCNC(=NCc1c(OC)cc(OC)cc1OC)NCCc1ccc2c(c1)OCO2.I. The third kappa shape index (κ3) is 6.46. The number of halogens is 1. The van der Waals surface area contributed by atoms with Crippen molar-refractivity contribution in [1.82, 2.24) is 10.6 Å². The molecule has 31 heavy (non-hydrogen) atoms. The number of methoxy groups -OCH3 is 3. The molecule has 1 aliphatic heterocycles. The maximum absolute atomic E-state index is 5.51. The average Bonchev–Trinajstić information content (AvgIpc) is 3.24. The smallest absolute Gasteiger partial charge is 0.231 e. The van der Waals surface area contributed by atoms with Gasteiger partial charge in [-0.2, -0.15) is 0 Å². The van der Waals surface area contributed by atoms with Crippen LogP contribution in [0.5, 0.6) is 28.7 Å². The van der Waals surface area contributed by atoms with Crippen molar-refractivity contribution in [2.45, 2.75) is 19.9 Å². The van der Waals surface area contributed by atoms with Gasteiger partial charge in [-0.1, -0.05) is 6.07 Å². The lowest BCUT2D eigenvalue weighted by atomic mass is 10.1. The normalized spacial score (nSPS) is 12.1. The maximum Gasteiger partial charge on any atom is 0.231 e. The summed E-state index contributed by atoms with van der Waals surface area (Å²) in [6.07, 6.45) is 0.830.